The van der Waals surface area contributed by atoms with Crippen molar-refractivity contribution in [2.24, 2.45) is 0 Å². The number of carbonyl (C=O) groups is 1. The van der Waals surface area contributed by atoms with Gasteiger partial charge in [0.15, 0.2) is 0 Å². The van der Waals surface area contributed by atoms with Gasteiger partial charge >= 0.3 is 5.97 Å². The highest BCUT2D eigenvalue weighted by atomic mass is 35.5. The lowest BCUT2D eigenvalue weighted by Gasteiger charge is -2.33. The summed E-state index contributed by atoms with van der Waals surface area (Å²) >= 11 is 12.3. The molecule has 0 aromatic heterocycles. The molecule has 3 rings (SSSR count). The zero-order valence-corrected chi connectivity index (χ0v) is 18.3. The molecule has 0 amide bonds. The predicted octanol–water partition coefficient (Wildman–Crippen LogP) is 4.18. The molecule has 2 aromatic rings. The molecule has 0 spiro atoms. The van der Waals surface area contributed by atoms with Crippen molar-refractivity contribution >= 4 is 44.9 Å². The molecule has 3 N–H and O–H groups in total. The van der Waals surface area contributed by atoms with Crippen LogP contribution in [0.5, 0.6) is 0 Å². The first-order chi connectivity index (χ1) is 13.6. The van der Waals surface area contributed by atoms with Crippen LogP contribution in [-0.2, 0) is 21.2 Å². The van der Waals surface area contributed by atoms with Gasteiger partial charge in [0, 0.05) is 12.0 Å². The molecule has 1 unspecified atom stereocenters. The quantitative estimate of drug-likeness (QED) is 0.605. The molecule has 6 nitrogen and oxygen atoms in total. The summed E-state index contributed by atoms with van der Waals surface area (Å²) in [7, 11) is -1.71. The first-order valence-electron chi connectivity index (χ1n) is 9.07. The van der Waals surface area contributed by atoms with E-state index in [1.54, 1.807) is 18.2 Å². The van der Waals surface area contributed by atoms with E-state index < -0.39 is 16.0 Å². The molecule has 0 fully saturated rings. The number of rotatable bonds is 6. The molecule has 0 heterocycles. The maximum absolute atomic E-state index is 11.8. The SMILES string of the molecule is CN[C@H]1CCC(c2ccc(Cl)c(Cl)c2)c2cc(CC(=O)O)c(NS(C)(=O)=O)cc21. The summed E-state index contributed by atoms with van der Waals surface area (Å²) < 4.78 is 26.1. The third-order valence-electron chi connectivity index (χ3n) is 5.14. The summed E-state index contributed by atoms with van der Waals surface area (Å²) in [5, 5.41) is 13.5. The topological polar surface area (TPSA) is 95.5 Å². The molecular weight excluding hydrogens is 435 g/mol. The molecule has 0 aliphatic heterocycles. The van der Waals surface area contributed by atoms with Crippen LogP contribution in [-0.4, -0.2) is 32.8 Å². The number of nitrogens with one attached hydrogen (secondary N) is 2. The third kappa shape index (κ3) is 5.04. The normalized spacial score (nSPS) is 18.9. The van der Waals surface area contributed by atoms with Gasteiger partial charge < -0.3 is 10.4 Å². The zero-order chi connectivity index (χ0) is 21.3. The molecule has 0 radical (unpaired) electrons. The number of anilines is 1. The maximum Gasteiger partial charge on any atom is 0.307 e. The van der Waals surface area contributed by atoms with E-state index in [0.717, 1.165) is 35.8 Å². The summed E-state index contributed by atoms with van der Waals surface area (Å²) in [4.78, 5) is 11.4. The number of benzene rings is 2. The number of hydrogen-bond donors (Lipinski definition) is 3. The Balaban J connectivity index is 2.18. The molecule has 156 valence electrons. The van der Waals surface area contributed by atoms with Crippen molar-refractivity contribution in [1.29, 1.82) is 0 Å². The first-order valence-corrected chi connectivity index (χ1v) is 11.7. The van der Waals surface area contributed by atoms with Crippen molar-refractivity contribution in [1.82, 2.24) is 5.32 Å². The molecule has 0 saturated heterocycles. The van der Waals surface area contributed by atoms with Crippen LogP contribution in [0, 0.1) is 0 Å². The number of halogens is 2. The predicted molar refractivity (Wildman–Crippen MR) is 116 cm³/mol. The molecule has 1 aliphatic rings. The van der Waals surface area contributed by atoms with Crippen LogP contribution in [0.2, 0.25) is 10.0 Å². The van der Waals surface area contributed by atoms with Crippen molar-refractivity contribution in [3.8, 4) is 0 Å². The molecule has 9 heteroatoms. The van der Waals surface area contributed by atoms with Gasteiger partial charge in [0.25, 0.3) is 0 Å². The van der Waals surface area contributed by atoms with E-state index in [1.165, 1.54) is 0 Å². The van der Waals surface area contributed by atoms with E-state index >= 15 is 0 Å². The van der Waals surface area contributed by atoms with Gasteiger partial charge in [0.2, 0.25) is 10.0 Å². The molecule has 1 aliphatic carbocycles. The largest absolute Gasteiger partial charge is 0.481 e. The highest BCUT2D eigenvalue weighted by Gasteiger charge is 2.30. The summed E-state index contributed by atoms with van der Waals surface area (Å²) in [6.07, 6.45) is 2.43. The standard InChI is InChI=1S/C20H22Cl2N2O4S/c1-23-18-6-4-13(11-3-5-16(21)17(22)8-11)14-7-12(9-20(25)26)19(10-15(14)18)24-29(2,27)28/h3,5,7-8,10,13,18,23-24H,4,6,9H2,1-2H3,(H,25,26)/t13?,18-/m0/s1. The smallest absolute Gasteiger partial charge is 0.307 e. The third-order valence-corrected chi connectivity index (χ3v) is 6.46. The second kappa shape index (κ2) is 8.52. The van der Waals surface area contributed by atoms with Crippen molar-refractivity contribution in [2.75, 3.05) is 18.0 Å². The maximum atomic E-state index is 11.8. The zero-order valence-electron chi connectivity index (χ0n) is 16.0. The minimum absolute atomic E-state index is 0.00388. The van der Waals surface area contributed by atoms with E-state index in [1.807, 2.05) is 19.2 Å². The van der Waals surface area contributed by atoms with Crippen LogP contribution in [0.25, 0.3) is 0 Å². The lowest BCUT2D eigenvalue weighted by Crippen LogP contribution is -2.25. The lowest BCUT2D eigenvalue weighted by molar-refractivity contribution is -0.136. The number of carboxylic acids is 1. The number of hydrogen-bond acceptors (Lipinski definition) is 4. The lowest BCUT2D eigenvalue weighted by atomic mass is 9.75. The van der Waals surface area contributed by atoms with E-state index in [-0.39, 0.29) is 18.4 Å². The van der Waals surface area contributed by atoms with Gasteiger partial charge in [-0.15, -0.1) is 0 Å². The monoisotopic (exact) mass is 456 g/mol. The van der Waals surface area contributed by atoms with Gasteiger partial charge in [-0.05, 0) is 60.3 Å². The van der Waals surface area contributed by atoms with Gasteiger partial charge in [-0.2, -0.15) is 0 Å². The Labute approximate surface area is 180 Å². The van der Waals surface area contributed by atoms with Gasteiger partial charge in [0.05, 0.1) is 28.4 Å². The highest BCUT2D eigenvalue weighted by molar-refractivity contribution is 7.92. The Hall–Kier alpha value is -1.80. The minimum Gasteiger partial charge on any atom is -0.481 e. The average Bonchev–Trinajstić information content (AvgIpc) is 2.62. The molecule has 2 atom stereocenters. The highest BCUT2D eigenvalue weighted by Crippen LogP contribution is 2.44. The fourth-order valence-corrected chi connectivity index (χ4v) is 4.80. The fraction of sp³-hybridized carbons (Fsp3) is 0.350. The van der Waals surface area contributed by atoms with Gasteiger partial charge in [0.1, 0.15) is 0 Å². The molecule has 0 bridgehead atoms. The van der Waals surface area contributed by atoms with Gasteiger partial charge in [-0.3, -0.25) is 9.52 Å². The van der Waals surface area contributed by atoms with Crippen LogP contribution in [0.1, 0.15) is 47.1 Å². The Bertz CT molecular complexity index is 1060. The Morgan fingerprint density at radius 3 is 2.45 bits per heavy atom. The van der Waals surface area contributed by atoms with Crippen molar-refractivity contribution in [2.45, 2.75) is 31.2 Å². The van der Waals surface area contributed by atoms with Crippen molar-refractivity contribution in [3.63, 3.8) is 0 Å². The van der Waals surface area contributed by atoms with Crippen LogP contribution < -0.4 is 10.0 Å². The summed E-state index contributed by atoms with van der Waals surface area (Å²) in [6.45, 7) is 0. The summed E-state index contributed by atoms with van der Waals surface area (Å²) in [5.74, 6) is -1.03. The van der Waals surface area contributed by atoms with Gasteiger partial charge in [-0.25, -0.2) is 8.42 Å². The number of sulfonamides is 1. The number of fused-ring (bicyclic) bond motifs is 1. The van der Waals surface area contributed by atoms with Crippen LogP contribution in [0.15, 0.2) is 30.3 Å². The van der Waals surface area contributed by atoms with Crippen LogP contribution >= 0.6 is 23.2 Å². The Morgan fingerprint density at radius 2 is 1.86 bits per heavy atom. The van der Waals surface area contributed by atoms with Crippen LogP contribution in [0.3, 0.4) is 0 Å². The van der Waals surface area contributed by atoms with Gasteiger partial charge in [-0.1, -0.05) is 35.3 Å². The fourth-order valence-electron chi connectivity index (χ4n) is 3.91. The molecular formula is C20H22Cl2N2O4S. The van der Waals surface area contributed by atoms with Crippen molar-refractivity contribution in [3.05, 3.63) is 62.6 Å². The van der Waals surface area contributed by atoms with E-state index in [2.05, 4.69) is 10.0 Å². The molecule has 29 heavy (non-hydrogen) atoms. The summed E-state index contributed by atoms with van der Waals surface area (Å²) in [5.41, 5.74) is 3.60. The second-order valence-corrected chi connectivity index (χ2v) is 9.79. The number of aliphatic carboxylic acids is 1. The molecule has 0 saturated carbocycles. The summed E-state index contributed by atoms with van der Waals surface area (Å²) in [6, 6.07) is 9.08. The Morgan fingerprint density at radius 1 is 1.14 bits per heavy atom. The van der Waals surface area contributed by atoms with Crippen molar-refractivity contribution < 1.29 is 18.3 Å². The van der Waals surface area contributed by atoms with E-state index in [9.17, 15) is 18.3 Å². The average molecular weight is 457 g/mol. The number of carboxylic acid groups (broad SMARTS) is 1. The van der Waals surface area contributed by atoms with E-state index in [0.29, 0.717) is 21.3 Å². The minimum atomic E-state index is -3.56. The Kier molecular flexibility index (Phi) is 6.43. The second-order valence-electron chi connectivity index (χ2n) is 7.23. The first kappa shape index (κ1) is 21.9. The molecule has 2 aromatic carbocycles. The van der Waals surface area contributed by atoms with E-state index in [4.69, 9.17) is 23.2 Å². The van der Waals surface area contributed by atoms with Crippen LogP contribution in [0.4, 0.5) is 5.69 Å².